The average Bonchev–Trinajstić information content (AvgIpc) is 2.94. The number of allylic oxidation sites excluding steroid dienone is 1. The van der Waals surface area contributed by atoms with Crippen LogP contribution in [0.1, 0.15) is 18.1 Å². The molecule has 0 N–H and O–H groups in total. The topological polar surface area (TPSA) is 69.6 Å². The van der Waals surface area contributed by atoms with Crippen LogP contribution in [0.5, 0.6) is 0 Å². The number of aromatic nitrogens is 5. The summed E-state index contributed by atoms with van der Waals surface area (Å²) in [5, 5.41) is 11.0. The molecule has 2 aromatic heterocycles. The van der Waals surface area contributed by atoms with E-state index >= 15 is 0 Å². The summed E-state index contributed by atoms with van der Waals surface area (Å²) in [6, 6.07) is 0. The molecule has 0 aliphatic heterocycles. The van der Waals surface area contributed by atoms with Crippen LogP contribution in [0.3, 0.4) is 0 Å². The zero-order chi connectivity index (χ0) is 13.7. The highest BCUT2D eigenvalue weighted by atomic mass is 19.4. The fourth-order valence-corrected chi connectivity index (χ4v) is 1.13. The van der Waals surface area contributed by atoms with Crippen molar-refractivity contribution in [2.75, 3.05) is 0 Å². The number of alkyl halides is 3. The van der Waals surface area contributed by atoms with Gasteiger partial charge >= 0.3 is 6.18 Å². The van der Waals surface area contributed by atoms with Crippen molar-refractivity contribution in [3.63, 3.8) is 0 Å². The van der Waals surface area contributed by atoms with E-state index in [0.29, 0.717) is 0 Å². The molecule has 0 bridgehead atoms. The second-order valence-corrected chi connectivity index (χ2v) is 3.40. The molecule has 2 heterocycles. The summed E-state index contributed by atoms with van der Waals surface area (Å²) < 4.78 is 41.9. The highest BCUT2D eigenvalue weighted by Gasteiger charge is 2.24. The van der Waals surface area contributed by atoms with Crippen LogP contribution in [-0.2, 0) is 0 Å². The monoisotopic (exact) mass is 271 g/mol. The van der Waals surface area contributed by atoms with Crippen molar-refractivity contribution < 1.29 is 17.6 Å². The highest BCUT2D eigenvalue weighted by Crippen LogP contribution is 2.20. The molecule has 0 fully saturated rings. The van der Waals surface area contributed by atoms with Crippen molar-refractivity contribution in [1.82, 2.24) is 25.0 Å². The van der Waals surface area contributed by atoms with E-state index in [0.717, 1.165) is 6.08 Å². The van der Waals surface area contributed by atoms with Crippen molar-refractivity contribution in [2.45, 2.75) is 12.6 Å². The molecule has 0 aliphatic carbocycles. The van der Waals surface area contributed by atoms with Gasteiger partial charge in [0.05, 0.1) is 6.42 Å². The summed E-state index contributed by atoms with van der Waals surface area (Å²) >= 11 is 0. The zero-order valence-electron chi connectivity index (χ0n) is 9.45. The minimum absolute atomic E-state index is 0.180. The maximum absolute atomic E-state index is 11.9. The van der Waals surface area contributed by atoms with Crippen LogP contribution < -0.4 is 0 Å². The maximum Gasteiger partial charge on any atom is 0.392 e. The number of nitrogens with zero attached hydrogens (tertiary/aromatic N) is 5. The minimum atomic E-state index is -4.23. The normalized spacial score (nSPS) is 12.8. The van der Waals surface area contributed by atoms with Crippen LogP contribution in [-0.4, -0.2) is 31.1 Å². The highest BCUT2D eigenvalue weighted by molar-refractivity contribution is 5.53. The van der Waals surface area contributed by atoms with Gasteiger partial charge in [0.15, 0.2) is 5.82 Å². The van der Waals surface area contributed by atoms with Crippen LogP contribution in [0, 0.1) is 0 Å². The van der Waals surface area contributed by atoms with Gasteiger partial charge in [-0.15, -0.1) is 15.3 Å². The quantitative estimate of drug-likeness (QED) is 0.853. The first-order valence-corrected chi connectivity index (χ1v) is 5.12. The van der Waals surface area contributed by atoms with Crippen LogP contribution >= 0.6 is 0 Å². The maximum atomic E-state index is 11.9. The van der Waals surface area contributed by atoms with Crippen molar-refractivity contribution >= 4 is 18.4 Å². The number of hydrogen-bond donors (Lipinski definition) is 0. The molecular formula is C10H8F3N5O. The van der Waals surface area contributed by atoms with Gasteiger partial charge in [0, 0.05) is 12.3 Å². The molecule has 2 aromatic rings. The van der Waals surface area contributed by atoms with E-state index in [4.69, 9.17) is 4.42 Å². The largest absolute Gasteiger partial charge is 0.424 e. The van der Waals surface area contributed by atoms with Gasteiger partial charge < -0.3 is 4.42 Å². The van der Waals surface area contributed by atoms with E-state index < -0.39 is 12.6 Å². The summed E-state index contributed by atoms with van der Waals surface area (Å²) in [4.78, 5) is 3.82. The Bertz CT molecular complexity index is 570. The predicted octanol–water partition coefficient (Wildman–Crippen LogP) is 2.25. The van der Waals surface area contributed by atoms with E-state index in [1.807, 2.05) is 0 Å². The van der Waals surface area contributed by atoms with Gasteiger partial charge in [-0.2, -0.15) is 13.2 Å². The van der Waals surface area contributed by atoms with E-state index in [1.54, 1.807) is 0 Å². The van der Waals surface area contributed by atoms with Gasteiger partial charge in [-0.05, 0) is 6.08 Å². The van der Waals surface area contributed by atoms with Crippen LogP contribution in [0.4, 0.5) is 13.2 Å². The van der Waals surface area contributed by atoms with Gasteiger partial charge in [-0.25, -0.2) is 9.67 Å². The third-order valence-corrected chi connectivity index (χ3v) is 1.89. The Morgan fingerprint density at radius 3 is 2.84 bits per heavy atom. The lowest BCUT2D eigenvalue weighted by molar-refractivity contribution is -0.124. The molecule has 0 saturated heterocycles. The second-order valence-electron chi connectivity index (χ2n) is 3.40. The van der Waals surface area contributed by atoms with Gasteiger partial charge in [0.1, 0.15) is 6.33 Å². The zero-order valence-corrected chi connectivity index (χ0v) is 9.45. The van der Waals surface area contributed by atoms with E-state index in [9.17, 15) is 13.2 Å². The van der Waals surface area contributed by atoms with Crippen LogP contribution in [0.25, 0.3) is 18.4 Å². The molecule has 9 heteroatoms. The molecule has 0 saturated carbocycles. The molecule has 2 rings (SSSR count). The minimum Gasteiger partial charge on any atom is -0.424 e. The first kappa shape index (κ1) is 13.0. The van der Waals surface area contributed by atoms with Crippen molar-refractivity contribution in [1.29, 1.82) is 0 Å². The number of halogens is 3. The summed E-state index contributed by atoms with van der Waals surface area (Å²) in [5.41, 5.74) is 0. The molecule has 19 heavy (non-hydrogen) atoms. The Kier molecular flexibility index (Phi) is 3.74. The van der Waals surface area contributed by atoms with Gasteiger partial charge in [-0.3, -0.25) is 0 Å². The Morgan fingerprint density at radius 2 is 2.16 bits per heavy atom. The lowest BCUT2D eigenvalue weighted by atomic mass is 10.3. The molecule has 0 atom stereocenters. The van der Waals surface area contributed by atoms with Gasteiger partial charge in [0.25, 0.3) is 0 Å². The molecular weight excluding hydrogens is 263 g/mol. The first-order chi connectivity index (χ1) is 9.03. The van der Waals surface area contributed by atoms with Gasteiger partial charge in [-0.1, -0.05) is 6.08 Å². The SMILES string of the molecule is FC(F)(F)C/C=C/c1ncn(/C=C\c2nnco2)n1. The predicted molar refractivity (Wildman–Crippen MR) is 59.3 cm³/mol. The lowest BCUT2D eigenvalue weighted by Gasteiger charge is -1.99. The molecule has 0 aliphatic rings. The standard InChI is InChI=1S/C10H8F3N5O/c11-10(12,13)4-1-2-8-14-6-18(17-8)5-3-9-16-15-7-19-9/h1-3,5-7H,4H2/b2-1+,5-3-. The molecule has 0 unspecified atom stereocenters. The Morgan fingerprint density at radius 1 is 1.32 bits per heavy atom. The lowest BCUT2D eigenvalue weighted by Crippen LogP contribution is -2.03. The summed E-state index contributed by atoms with van der Waals surface area (Å²) in [7, 11) is 0. The number of rotatable bonds is 4. The summed E-state index contributed by atoms with van der Waals surface area (Å²) in [5.74, 6) is 0.462. The van der Waals surface area contributed by atoms with Crippen LogP contribution in [0.15, 0.2) is 23.2 Å². The Hall–Kier alpha value is -2.45. The summed E-state index contributed by atoms with van der Waals surface area (Å²) in [6.07, 6.45) is 2.42. The van der Waals surface area contributed by atoms with Crippen molar-refractivity contribution in [2.24, 2.45) is 0 Å². The van der Waals surface area contributed by atoms with E-state index in [1.165, 1.54) is 35.8 Å². The van der Waals surface area contributed by atoms with Crippen molar-refractivity contribution in [3.05, 3.63) is 30.5 Å². The molecule has 100 valence electrons. The molecule has 6 nitrogen and oxygen atoms in total. The average molecular weight is 271 g/mol. The third kappa shape index (κ3) is 4.37. The second kappa shape index (κ2) is 5.46. The Labute approximate surface area is 105 Å². The smallest absolute Gasteiger partial charge is 0.392 e. The van der Waals surface area contributed by atoms with Crippen LogP contribution in [0.2, 0.25) is 0 Å². The molecule has 0 amide bonds. The van der Waals surface area contributed by atoms with Crippen molar-refractivity contribution in [3.8, 4) is 0 Å². The summed E-state index contributed by atoms with van der Waals surface area (Å²) in [6.45, 7) is 0. The molecule has 0 spiro atoms. The molecule has 0 aromatic carbocycles. The fourth-order valence-electron chi connectivity index (χ4n) is 1.13. The third-order valence-electron chi connectivity index (χ3n) is 1.89. The van der Waals surface area contributed by atoms with E-state index in [2.05, 4.69) is 20.3 Å². The Balaban J connectivity index is 1.96. The number of hydrogen-bond acceptors (Lipinski definition) is 5. The first-order valence-electron chi connectivity index (χ1n) is 5.12. The van der Waals surface area contributed by atoms with E-state index in [-0.39, 0.29) is 11.7 Å². The van der Waals surface area contributed by atoms with Gasteiger partial charge in [0.2, 0.25) is 12.3 Å². The fraction of sp³-hybridized carbons (Fsp3) is 0.200. The molecule has 0 radical (unpaired) electrons.